The maximum atomic E-state index is 12.2. The Balaban J connectivity index is 1.80. The van der Waals surface area contributed by atoms with Crippen molar-refractivity contribution in [2.75, 3.05) is 0 Å². The standard InChI is InChI=1S/C14H15NO3S/c16-19(17,15-9-11-6-7-18-10-11)14-5-4-12-2-1-3-13(12)8-14/h4-8,10,15H,1-3,9H2. The van der Waals surface area contributed by atoms with Crippen LogP contribution in [-0.2, 0) is 29.4 Å². The van der Waals surface area contributed by atoms with Crippen LogP contribution >= 0.6 is 0 Å². The highest BCUT2D eigenvalue weighted by Gasteiger charge is 2.18. The first-order chi connectivity index (χ1) is 9.15. The van der Waals surface area contributed by atoms with Crippen LogP contribution in [0, 0.1) is 0 Å². The summed E-state index contributed by atoms with van der Waals surface area (Å²) in [6, 6.07) is 7.14. The largest absolute Gasteiger partial charge is 0.472 e. The normalized spacial score (nSPS) is 14.5. The molecule has 0 unspecified atom stereocenters. The van der Waals surface area contributed by atoms with Gasteiger partial charge < -0.3 is 4.42 Å². The minimum Gasteiger partial charge on any atom is -0.472 e. The number of benzene rings is 1. The quantitative estimate of drug-likeness (QED) is 0.932. The summed E-state index contributed by atoms with van der Waals surface area (Å²) in [5.74, 6) is 0. The fourth-order valence-electron chi connectivity index (χ4n) is 2.37. The smallest absolute Gasteiger partial charge is 0.240 e. The van der Waals surface area contributed by atoms with Gasteiger partial charge in [0, 0.05) is 12.1 Å². The number of hydrogen-bond donors (Lipinski definition) is 1. The van der Waals surface area contributed by atoms with Crippen molar-refractivity contribution in [3.05, 3.63) is 53.5 Å². The van der Waals surface area contributed by atoms with Crippen LogP contribution in [0.4, 0.5) is 0 Å². The van der Waals surface area contributed by atoms with Gasteiger partial charge >= 0.3 is 0 Å². The van der Waals surface area contributed by atoms with Gasteiger partial charge in [-0.25, -0.2) is 13.1 Å². The summed E-state index contributed by atoms with van der Waals surface area (Å²) in [5, 5.41) is 0. The summed E-state index contributed by atoms with van der Waals surface area (Å²) >= 11 is 0. The first-order valence-corrected chi connectivity index (χ1v) is 7.76. The molecule has 0 radical (unpaired) electrons. The van der Waals surface area contributed by atoms with E-state index in [9.17, 15) is 8.42 Å². The summed E-state index contributed by atoms with van der Waals surface area (Å²) < 4.78 is 31.9. The molecule has 100 valence electrons. The third-order valence-corrected chi connectivity index (χ3v) is 4.83. The van der Waals surface area contributed by atoms with E-state index >= 15 is 0 Å². The number of aryl methyl sites for hydroxylation is 2. The second kappa shape index (κ2) is 4.83. The van der Waals surface area contributed by atoms with Crippen LogP contribution < -0.4 is 4.72 Å². The van der Waals surface area contributed by atoms with Crippen molar-refractivity contribution in [3.8, 4) is 0 Å². The van der Waals surface area contributed by atoms with E-state index in [0.717, 1.165) is 30.4 Å². The number of fused-ring (bicyclic) bond motifs is 1. The third-order valence-electron chi connectivity index (χ3n) is 3.43. The number of furan rings is 1. The van der Waals surface area contributed by atoms with E-state index in [2.05, 4.69) is 4.72 Å². The van der Waals surface area contributed by atoms with Gasteiger partial charge in [-0.15, -0.1) is 0 Å². The second-order valence-electron chi connectivity index (χ2n) is 4.74. The van der Waals surface area contributed by atoms with E-state index in [1.54, 1.807) is 18.2 Å². The van der Waals surface area contributed by atoms with Crippen LogP contribution in [0.5, 0.6) is 0 Å². The Labute approximate surface area is 112 Å². The predicted octanol–water partition coefficient (Wildman–Crippen LogP) is 2.25. The van der Waals surface area contributed by atoms with E-state index in [1.807, 2.05) is 6.07 Å². The number of nitrogens with one attached hydrogen (secondary N) is 1. The first kappa shape index (κ1) is 12.4. The second-order valence-corrected chi connectivity index (χ2v) is 6.51. The molecule has 1 heterocycles. The minimum absolute atomic E-state index is 0.246. The molecule has 3 rings (SSSR count). The fraction of sp³-hybridized carbons (Fsp3) is 0.286. The minimum atomic E-state index is -3.45. The molecule has 1 aromatic carbocycles. The number of sulfonamides is 1. The highest BCUT2D eigenvalue weighted by atomic mass is 32.2. The number of hydrogen-bond acceptors (Lipinski definition) is 3. The Bertz CT molecular complexity index is 675. The molecule has 1 N–H and O–H groups in total. The molecule has 5 heteroatoms. The van der Waals surface area contributed by atoms with Gasteiger partial charge in [-0.05, 0) is 48.6 Å². The summed E-state index contributed by atoms with van der Waals surface area (Å²) in [7, 11) is -3.45. The molecule has 4 nitrogen and oxygen atoms in total. The fourth-order valence-corrected chi connectivity index (χ4v) is 3.44. The molecular weight excluding hydrogens is 262 g/mol. The van der Waals surface area contributed by atoms with Crippen LogP contribution in [0.3, 0.4) is 0 Å². The molecule has 0 amide bonds. The lowest BCUT2D eigenvalue weighted by Crippen LogP contribution is -2.23. The molecule has 2 aromatic rings. The van der Waals surface area contributed by atoms with Gasteiger partial charge in [-0.3, -0.25) is 0 Å². The summed E-state index contributed by atoms with van der Waals surface area (Å²) in [4.78, 5) is 0.344. The summed E-state index contributed by atoms with van der Waals surface area (Å²) in [6.07, 6.45) is 6.20. The topological polar surface area (TPSA) is 59.3 Å². The Morgan fingerprint density at radius 1 is 1.16 bits per heavy atom. The lowest BCUT2D eigenvalue weighted by atomic mass is 10.1. The Morgan fingerprint density at radius 3 is 2.79 bits per heavy atom. The zero-order chi connectivity index (χ0) is 13.3. The van der Waals surface area contributed by atoms with Gasteiger partial charge in [0.1, 0.15) is 0 Å². The molecule has 1 aliphatic rings. The van der Waals surface area contributed by atoms with Crippen molar-refractivity contribution in [2.24, 2.45) is 0 Å². The van der Waals surface area contributed by atoms with Gasteiger partial charge in [0.05, 0.1) is 17.4 Å². The van der Waals surface area contributed by atoms with Gasteiger partial charge in [0.2, 0.25) is 10.0 Å². The van der Waals surface area contributed by atoms with Crippen molar-refractivity contribution in [1.29, 1.82) is 0 Å². The van der Waals surface area contributed by atoms with Crippen LogP contribution in [0.1, 0.15) is 23.1 Å². The molecule has 1 aromatic heterocycles. The SMILES string of the molecule is O=S(=O)(NCc1ccoc1)c1ccc2c(c1)CCC2. The zero-order valence-electron chi connectivity index (χ0n) is 10.4. The molecule has 0 saturated heterocycles. The van der Waals surface area contributed by atoms with Gasteiger partial charge in [0.25, 0.3) is 0 Å². The van der Waals surface area contributed by atoms with Crippen LogP contribution in [0.2, 0.25) is 0 Å². The maximum absolute atomic E-state index is 12.2. The molecule has 0 saturated carbocycles. The highest BCUT2D eigenvalue weighted by molar-refractivity contribution is 7.89. The Morgan fingerprint density at radius 2 is 2.00 bits per heavy atom. The van der Waals surface area contributed by atoms with E-state index in [1.165, 1.54) is 18.1 Å². The van der Waals surface area contributed by atoms with Gasteiger partial charge in [0.15, 0.2) is 0 Å². The van der Waals surface area contributed by atoms with Crippen molar-refractivity contribution >= 4 is 10.0 Å². The van der Waals surface area contributed by atoms with Crippen LogP contribution in [0.25, 0.3) is 0 Å². The van der Waals surface area contributed by atoms with E-state index < -0.39 is 10.0 Å². The molecular formula is C14H15NO3S. The van der Waals surface area contributed by atoms with Gasteiger partial charge in [-0.1, -0.05) is 6.07 Å². The van der Waals surface area contributed by atoms with Crippen LogP contribution in [-0.4, -0.2) is 8.42 Å². The predicted molar refractivity (Wildman–Crippen MR) is 71.2 cm³/mol. The lowest BCUT2D eigenvalue weighted by molar-refractivity contribution is 0.561. The third kappa shape index (κ3) is 2.57. The Kier molecular flexibility index (Phi) is 3.16. The Hall–Kier alpha value is -1.59. The van der Waals surface area contributed by atoms with Gasteiger partial charge in [-0.2, -0.15) is 0 Å². The first-order valence-electron chi connectivity index (χ1n) is 6.28. The lowest BCUT2D eigenvalue weighted by Gasteiger charge is -2.07. The van der Waals surface area contributed by atoms with E-state index in [-0.39, 0.29) is 6.54 Å². The zero-order valence-corrected chi connectivity index (χ0v) is 11.2. The van der Waals surface area contributed by atoms with Crippen molar-refractivity contribution in [3.63, 3.8) is 0 Å². The molecule has 1 aliphatic carbocycles. The maximum Gasteiger partial charge on any atom is 0.240 e. The number of rotatable bonds is 4. The van der Waals surface area contributed by atoms with E-state index in [4.69, 9.17) is 4.42 Å². The molecule has 0 atom stereocenters. The summed E-state index contributed by atoms with van der Waals surface area (Å²) in [6.45, 7) is 0.246. The van der Waals surface area contributed by atoms with Crippen molar-refractivity contribution in [1.82, 2.24) is 4.72 Å². The summed E-state index contributed by atoms with van der Waals surface area (Å²) in [5.41, 5.74) is 3.24. The average molecular weight is 277 g/mol. The molecule has 19 heavy (non-hydrogen) atoms. The average Bonchev–Trinajstić information content (AvgIpc) is 3.06. The van der Waals surface area contributed by atoms with Crippen molar-refractivity contribution in [2.45, 2.75) is 30.7 Å². The van der Waals surface area contributed by atoms with E-state index in [0.29, 0.717) is 4.90 Å². The van der Waals surface area contributed by atoms with Crippen LogP contribution in [0.15, 0.2) is 46.1 Å². The molecule has 0 aliphatic heterocycles. The highest BCUT2D eigenvalue weighted by Crippen LogP contribution is 2.24. The monoisotopic (exact) mass is 277 g/mol. The molecule has 0 bridgehead atoms. The molecule has 0 fully saturated rings. The van der Waals surface area contributed by atoms with Crippen molar-refractivity contribution < 1.29 is 12.8 Å². The molecule has 0 spiro atoms.